The number of hydrogen-bond acceptors (Lipinski definition) is 4. The second-order valence-electron chi connectivity index (χ2n) is 7.97. The van der Waals surface area contributed by atoms with E-state index >= 15 is 0 Å². The minimum absolute atomic E-state index is 0.546. The predicted molar refractivity (Wildman–Crippen MR) is 112 cm³/mol. The van der Waals surface area contributed by atoms with Crippen molar-refractivity contribution in [1.82, 2.24) is 15.1 Å². The van der Waals surface area contributed by atoms with Crippen LogP contribution in [0.1, 0.15) is 34.1 Å². The molecule has 0 spiro atoms. The Balaban J connectivity index is 1.72. The Morgan fingerprint density at radius 1 is 0.960 bits per heavy atom. The predicted octanol–water partition coefficient (Wildman–Crippen LogP) is 3.81. The van der Waals surface area contributed by atoms with Crippen LogP contribution in [-0.4, -0.2) is 66.9 Å². The van der Waals surface area contributed by atoms with Gasteiger partial charge >= 0.3 is 0 Å². The van der Waals surface area contributed by atoms with E-state index in [0.29, 0.717) is 12.1 Å². The number of thioether (sulfide) groups is 1. The molecule has 0 bridgehead atoms. The highest BCUT2D eigenvalue weighted by Gasteiger charge is 2.19. The average Bonchev–Trinajstić information content (AvgIpc) is 2.58. The van der Waals surface area contributed by atoms with Crippen molar-refractivity contribution in [1.29, 1.82) is 0 Å². The molecular weight excluding hydrogens is 326 g/mol. The van der Waals surface area contributed by atoms with Crippen molar-refractivity contribution in [2.75, 3.05) is 45.0 Å². The quantitative estimate of drug-likeness (QED) is 0.637. The maximum absolute atomic E-state index is 3.77. The summed E-state index contributed by atoms with van der Waals surface area (Å²) in [7, 11) is 0. The summed E-state index contributed by atoms with van der Waals surface area (Å²) in [5.41, 5.74) is 0. The summed E-state index contributed by atoms with van der Waals surface area (Å²) in [5.74, 6) is 1.93. The van der Waals surface area contributed by atoms with Gasteiger partial charge in [0.05, 0.1) is 0 Å². The first-order valence-corrected chi connectivity index (χ1v) is 10.9. The van der Waals surface area contributed by atoms with Crippen molar-refractivity contribution in [3.63, 3.8) is 0 Å². The third kappa shape index (κ3) is 8.59. The second-order valence-corrected chi connectivity index (χ2v) is 9.06. The number of nitrogens with one attached hydrogen (secondary N) is 1. The summed E-state index contributed by atoms with van der Waals surface area (Å²) in [4.78, 5) is 6.65. The molecule has 0 amide bonds. The van der Waals surface area contributed by atoms with Gasteiger partial charge in [-0.25, -0.2) is 0 Å². The van der Waals surface area contributed by atoms with E-state index in [-0.39, 0.29) is 0 Å². The van der Waals surface area contributed by atoms with E-state index in [9.17, 15) is 0 Å². The minimum atomic E-state index is 0.546. The van der Waals surface area contributed by atoms with Gasteiger partial charge in [0.15, 0.2) is 0 Å². The smallest absolute Gasteiger partial charge is 0.0176 e. The van der Waals surface area contributed by atoms with Gasteiger partial charge in [0.1, 0.15) is 0 Å². The standard InChI is InChI=1S/C21H37N3S/c1-18(2)16-24-14-12-23(13-15-24)11-10-20(22-19(3)4)17-25-21-8-6-5-7-9-21/h5-9,18-20,22H,10-17H2,1-4H3. The van der Waals surface area contributed by atoms with Gasteiger partial charge in [-0.1, -0.05) is 45.9 Å². The molecule has 142 valence electrons. The van der Waals surface area contributed by atoms with Crippen LogP contribution in [0.2, 0.25) is 0 Å². The first-order chi connectivity index (χ1) is 12.0. The Morgan fingerprint density at radius 2 is 1.60 bits per heavy atom. The van der Waals surface area contributed by atoms with Crippen molar-refractivity contribution < 1.29 is 0 Å². The minimum Gasteiger partial charge on any atom is -0.311 e. The highest BCUT2D eigenvalue weighted by atomic mass is 32.2. The Hall–Kier alpha value is -0.550. The fourth-order valence-corrected chi connectivity index (χ4v) is 4.46. The highest BCUT2D eigenvalue weighted by Crippen LogP contribution is 2.19. The Morgan fingerprint density at radius 3 is 2.20 bits per heavy atom. The van der Waals surface area contributed by atoms with Crippen LogP contribution in [-0.2, 0) is 0 Å². The van der Waals surface area contributed by atoms with Gasteiger partial charge in [-0.15, -0.1) is 11.8 Å². The van der Waals surface area contributed by atoms with Crippen molar-refractivity contribution >= 4 is 11.8 Å². The van der Waals surface area contributed by atoms with Crippen LogP contribution in [0.15, 0.2) is 35.2 Å². The van der Waals surface area contributed by atoms with E-state index in [1.165, 1.54) is 50.6 Å². The number of hydrogen-bond donors (Lipinski definition) is 1. The normalized spacial score (nSPS) is 18.2. The zero-order chi connectivity index (χ0) is 18.1. The summed E-state index contributed by atoms with van der Waals surface area (Å²) >= 11 is 1.98. The van der Waals surface area contributed by atoms with Gasteiger partial charge < -0.3 is 15.1 Å². The van der Waals surface area contributed by atoms with Crippen molar-refractivity contribution in [2.45, 2.75) is 51.1 Å². The number of benzene rings is 1. The van der Waals surface area contributed by atoms with E-state index in [1.807, 2.05) is 11.8 Å². The molecule has 0 aliphatic carbocycles. The van der Waals surface area contributed by atoms with Crippen LogP contribution in [0.3, 0.4) is 0 Å². The maximum Gasteiger partial charge on any atom is 0.0176 e. The molecule has 1 unspecified atom stereocenters. The lowest BCUT2D eigenvalue weighted by atomic mass is 10.1. The summed E-state index contributed by atoms with van der Waals surface area (Å²) < 4.78 is 0. The molecule has 25 heavy (non-hydrogen) atoms. The van der Waals surface area contributed by atoms with Crippen molar-refractivity contribution in [3.8, 4) is 0 Å². The Labute approximate surface area is 159 Å². The highest BCUT2D eigenvalue weighted by molar-refractivity contribution is 7.99. The molecule has 1 heterocycles. The van der Waals surface area contributed by atoms with E-state index in [2.05, 4.69) is 73.1 Å². The maximum atomic E-state index is 3.77. The largest absolute Gasteiger partial charge is 0.311 e. The van der Waals surface area contributed by atoms with Crippen LogP contribution in [0, 0.1) is 5.92 Å². The monoisotopic (exact) mass is 363 g/mol. The molecule has 2 rings (SSSR count). The molecule has 1 aromatic rings. The van der Waals surface area contributed by atoms with E-state index in [4.69, 9.17) is 0 Å². The molecule has 1 aliphatic rings. The zero-order valence-electron chi connectivity index (χ0n) is 16.6. The molecule has 1 fully saturated rings. The molecule has 3 nitrogen and oxygen atoms in total. The van der Waals surface area contributed by atoms with E-state index in [1.54, 1.807) is 0 Å². The van der Waals surface area contributed by atoms with Crippen LogP contribution < -0.4 is 5.32 Å². The van der Waals surface area contributed by atoms with Gasteiger partial charge in [-0.3, -0.25) is 0 Å². The third-order valence-corrected chi connectivity index (χ3v) is 5.82. The molecular formula is C21H37N3S. The van der Waals surface area contributed by atoms with Crippen molar-refractivity contribution in [3.05, 3.63) is 30.3 Å². The molecule has 1 N–H and O–H groups in total. The third-order valence-electron chi connectivity index (χ3n) is 4.65. The summed E-state index contributed by atoms with van der Waals surface area (Å²) in [6, 6.07) is 11.9. The fourth-order valence-electron chi connectivity index (χ4n) is 3.45. The molecule has 0 aromatic heterocycles. The summed E-state index contributed by atoms with van der Waals surface area (Å²) in [5, 5.41) is 3.77. The van der Waals surface area contributed by atoms with Crippen molar-refractivity contribution in [2.24, 2.45) is 5.92 Å². The topological polar surface area (TPSA) is 18.5 Å². The Kier molecular flexibility index (Phi) is 9.32. The SMILES string of the molecule is CC(C)CN1CCN(CCC(CSc2ccccc2)NC(C)C)CC1. The van der Waals surface area contributed by atoms with Crippen LogP contribution in [0.25, 0.3) is 0 Å². The fraction of sp³-hybridized carbons (Fsp3) is 0.714. The summed E-state index contributed by atoms with van der Waals surface area (Å²) in [6.45, 7) is 16.5. The number of nitrogens with zero attached hydrogens (tertiary/aromatic N) is 2. The van der Waals surface area contributed by atoms with Gasteiger partial charge in [0, 0.05) is 55.5 Å². The Bertz CT molecular complexity index is 455. The first-order valence-electron chi connectivity index (χ1n) is 9.91. The molecule has 1 saturated heterocycles. The lowest BCUT2D eigenvalue weighted by Gasteiger charge is -2.36. The second kappa shape index (κ2) is 11.2. The lowest BCUT2D eigenvalue weighted by Crippen LogP contribution is -2.48. The molecule has 1 aliphatic heterocycles. The van der Waals surface area contributed by atoms with Crippen LogP contribution >= 0.6 is 11.8 Å². The molecule has 0 radical (unpaired) electrons. The number of piperazine rings is 1. The molecule has 1 atom stereocenters. The average molecular weight is 364 g/mol. The van der Waals surface area contributed by atoms with Crippen LogP contribution in [0.5, 0.6) is 0 Å². The molecule has 0 saturated carbocycles. The zero-order valence-corrected chi connectivity index (χ0v) is 17.4. The molecule has 1 aromatic carbocycles. The molecule has 4 heteroatoms. The van der Waals surface area contributed by atoms with Crippen LogP contribution in [0.4, 0.5) is 0 Å². The van der Waals surface area contributed by atoms with Gasteiger partial charge in [-0.2, -0.15) is 0 Å². The summed E-state index contributed by atoms with van der Waals surface area (Å²) in [6.07, 6.45) is 1.24. The van der Waals surface area contributed by atoms with Gasteiger partial charge in [0.25, 0.3) is 0 Å². The van der Waals surface area contributed by atoms with Gasteiger partial charge in [0.2, 0.25) is 0 Å². The van der Waals surface area contributed by atoms with E-state index < -0.39 is 0 Å². The lowest BCUT2D eigenvalue weighted by molar-refractivity contribution is 0.119. The van der Waals surface area contributed by atoms with E-state index in [0.717, 1.165) is 11.7 Å². The first kappa shape index (κ1) is 20.8. The van der Waals surface area contributed by atoms with Gasteiger partial charge in [-0.05, 0) is 31.0 Å². The number of rotatable bonds is 10.